The quantitative estimate of drug-likeness (QED) is 0.620. The molecule has 3 aromatic rings. The second kappa shape index (κ2) is 8.98. The lowest BCUT2D eigenvalue weighted by Gasteiger charge is -2.35. The van der Waals surface area contributed by atoms with Crippen molar-refractivity contribution in [3.8, 4) is 5.75 Å². The lowest BCUT2D eigenvalue weighted by atomic mass is 10.1. The van der Waals surface area contributed by atoms with Crippen molar-refractivity contribution in [1.82, 2.24) is 9.47 Å². The molecule has 0 amide bonds. The Labute approximate surface area is 175 Å². The standard InChI is InChI=1S/C24H27FN2O3/c1-17-14-26(15-18(2)30-17)16-20-12-19-8-9-21(25)13-23(19)27(24(20)28)10-11-29-22-6-4-3-5-7-22/h3-9,12-13,17-18H,10-11,14-16H2,1-2H3/t17-,18+. The highest BCUT2D eigenvalue weighted by atomic mass is 19.1. The molecule has 1 aliphatic rings. The first-order valence-electron chi connectivity index (χ1n) is 10.4. The van der Waals surface area contributed by atoms with Gasteiger partial charge in [0.05, 0.1) is 24.3 Å². The van der Waals surface area contributed by atoms with E-state index in [2.05, 4.69) is 4.90 Å². The van der Waals surface area contributed by atoms with Gasteiger partial charge in [-0.2, -0.15) is 0 Å². The van der Waals surface area contributed by atoms with Gasteiger partial charge < -0.3 is 14.0 Å². The highest BCUT2D eigenvalue weighted by molar-refractivity contribution is 5.79. The molecule has 158 valence electrons. The van der Waals surface area contributed by atoms with E-state index in [9.17, 15) is 9.18 Å². The van der Waals surface area contributed by atoms with Gasteiger partial charge >= 0.3 is 0 Å². The monoisotopic (exact) mass is 410 g/mol. The molecule has 2 atom stereocenters. The molecular weight excluding hydrogens is 383 g/mol. The average molecular weight is 410 g/mol. The minimum Gasteiger partial charge on any atom is -0.492 e. The molecule has 1 aromatic heterocycles. The summed E-state index contributed by atoms with van der Waals surface area (Å²) < 4.78 is 27.1. The molecule has 0 N–H and O–H groups in total. The van der Waals surface area contributed by atoms with Gasteiger partial charge in [0.25, 0.3) is 5.56 Å². The van der Waals surface area contributed by atoms with Crippen molar-refractivity contribution in [1.29, 1.82) is 0 Å². The Hall–Kier alpha value is -2.70. The van der Waals surface area contributed by atoms with Gasteiger partial charge in [-0.05, 0) is 55.6 Å². The summed E-state index contributed by atoms with van der Waals surface area (Å²) >= 11 is 0. The third kappa shape index (κ3) is 4.71. The number of morpholine rings is 1. The van der Waals surface area contributed by atoms with E-state index in [0.29, 0.717) is 30.8 Å². The highest BCUT2D eigenvalue weighted by Crippen LogP contribution is 2.19. The van der Waals surface area contributed by atoms with Crippen LogP contribution in [0.2, 0.25) is 0 Å². The van der Waals surface area contributed by atoms with Crippen LogP contribution in [0, 0.1) is 5.82 Å². The summed E-state index contributed by atoms with van der Waals surface area (Å²) in [6.07, 6.45) is 0.259. The molecule has 5 nitrogen and oxygen atoms in total. The first-order valence-corrected chi connectivity index (χ1v) is 10.4. The first kappa shape index (κ1) is 20.6. The topological polar surface area (TPSA) is 43.7 Å². The van der Waals surface area contributed by atoms with E-state index in [1.807, 2.05) is 50.2 Å². The number of para-hydroxylation sites is 1. The molecule has 30 heavy (non-hydrogen) atoms. The molecule has 1 saturated heterocycles. The van der Waals surface area contributed by atoms with Crippen LogP contribution in [0.4, 0.5) is 4.39 Å². The van der Waals surface area contributed by atoms with Crippen LogP contribution in [0.15, 0.2) is 59.4 Å². The first-order chi connectivity index (χ1) is 14.5. The summed E-state index contributed by atoms with van der Waals surface area (Å²) in [6, 6.07) is 15.9. The number of hydrogen-bond acceptors (Lipinski definition) is 4. The third-order valence-corrected chi connectivity index (χ3v) is 5.35. The van der Waals surface area contributed by atoms with E-state index in [0.717, 1.165) is 24.2 Å². The van der Waals surface area contributed by atoms with Crippen molar-refractivity contribution in [3.63, 3.8) is 0 Å². The molecule has 0 radical (unpaired) electrons. The Bertz CT molecular complexity index is 1060. The minimum atomic E-state index is -0.358. The predicted octanol–water partition coefficient (Wildman–Crippen LogP) is 3.83. The molecule has 6 heteroatoms. The van der Waals surface area contributed by atoms with Gasteiger partial charge in [0.1, 0.15) is 18.2 Å². The van der Waals surface area contributed by atoms with Crippen LogP contribution in [0.25, 0.3) is 10.9 Å². The van der Waals surface area contributed by atoms with Gasteiger partial charge in [0.2, 0.25) is 0 Å². The number of benzene rings is 2. The molecule has 1 aliphatic heterocycles. The van der Waals surface area contributed by atoms with Crippen LogP contribution in [-0.2, 0) is 17.8 Å². The van der Waals surface area contributed by atoms with Gasteiger partial charge in [-0.25, -0.2) is 4.39 Å². The highest BCUT2D eigenvalue weighted by Gasteiger charge is 2.23. The number of fused-ring (bicyclic) bond motifs is 1. The molecule has 0 unspecified atom stereocenters. The predicted molar refractivity (Wildman–Crippen MR) is 115 cm³/mol. The zero-order chi connectivity index (χ0) is 21.1. The Balaban J connectivity index is 1.62. The largest absolute Gasteiger partial charge is 0.492 e. The van der Waals surface area contributed by atoms with Gasteiger partial charge in [-0.1, -0.05) is 18.2 Å². The fraction of sp³-hybridized carbons (Fsp3) is 0.375. The van der Waals surface area contributed by atoms with E-state index < -0.39 is 0 Å². The summed E-state index contributed by atoms with van der Waals surface area (Å²) in [5, 5.41) is 0.847. The molecular formula is C24H27FN2O3. The van der Waals surface area contributed by atoms with Crippen LogP contribution >= 0.6 is 0 Å². The molecule has 0 saturated carbocycles. The number of pyridine rings is 1. The summed E-state index contributed by atoms with van der Waals surface area (Å²) in [5.74, 6) is 0.386. The summed E-state index contributed by atoms with van der Waals surface area (Å²) in [5.41, 5.74) is 1.19. The van der Waals surface area contributed by atoms with Gasteiger partial charge in [0.15, 0.2) is 0 Å². The Kier molecular flexibility index (Phi) is 6.16. The van der Waals surface area contributed by atoms with Crippen molar-refractivity contribution < 1.29 is 13.9 Å². The number of ether oxygens (including phenoxy) is 2. The van der Waals surface area contributed by atoms with Crippen molar-refractivity contribution in [2.75, 3.05) is 19.7 Å². The summed E-state index contributed by atoms with van der Waals surface area (Å²) in [6.45, 7) is 6.87. The number of rotatable bonds is 6. The van der Waals surface area contributed by atoms with Gasteiger partial charge in [0, 0.05) is 25.2 Å². The Morgan fingerprint density at radius 1 is 1.07 bits per heavy atom. The smallest absolute Gasteiger partial charge is 0.255 e. The molecule has 4 rings (SSSR count). The van der Waals surface area contributed by atoms with Gasteiger partial charge in [-0.3, -0.25) is 9.69 Å². The fourth-order valence-corrected chi connectivity index (χ4v) is 4.17. The number of hydrogen-bond donors (Lipinski definition) is 0. The van der Waals surface area contributed by atoms with Crippen molar-refractivity contribution in [2.45, 2.75) is 39.1 Å². The zero-order valence-electron chi connectivity index (χ0n) is 17.4. The van der Waals surface area contributed by atoms with Crippen molar-refractivity contribution >= 4 is 10.9 Å². The Morgan fingerprint density at radius 3 is 2.53 bits per heavy atom. The molecule has 0 spiro atoms. The SMILES string of the molecule is C[C@@H]1CN(Cc2cc3ccc(F)cc3n(CCOc3ccccc3)c2=O)C[C@H](C)O1. The molecule has 2 heterocycles. The molecule has 0 aliphatic carbocycles. The third-order valence-electron chi connectivity index (χ3n) is 5.35. The lowest BCUT2D eigenvalue weighted by Crippen LogP contribution is -2.45. The second-order valence-electron chi connectivity index (χ2n) is 7.94. The van der Waals surface area contributed by atoms with E-state index in [1.54, 1.807) is 10.6 Å². The number of nitrogens with zero attached hydrogens (tertiary/aromatic N) is 2. The maximum absolute atomic E-state index is 13.9. The zero-order valence-corrected chi connectivity index (χ0v) is 17.4. The molecule has 1 fully saturated rings. The van der Waals surface area contributed by atoms with Crippen LogP contribution in [-0.4, -0.2) is 41.4 Å². The summed E-state index contributed by atoms with van der Waals surface area (Å²) in [7, 11) is 0. The average Bonchev–Trinajstić information content (AvgIpc) is 2.71. The fourth-order valence-electron chi connectivity index (χ4n) is 4.17. The van der Waals surface area contributed by atoms with Crippen molar-refractivity contribution in [3.05, 3.63) is 76.3 Å². The van der Waals surface area contributed by atoms with E-state index in [4.69, 9.17) is 9.47 Å². The molecule has 0 bridgehead atoms. The maximum Gasteiger partial charge on any atom is 0.255 e. The van der Waals surface area contributed by atoms with E-state index >= 15 is 0 Å². The lowest BCUT2D eigenvalue weighted by molar-refractivity contribution is -0.0705. The van der Waals surface area contributed by atoms with E-state index in [1.165, 1.54) is 12.1 Å². The minimum absolute atomic E-state index is 0.100. The van der Waals surface area contributed by atoms with Crippen LogP contribution in [0.5, 0.6) is 5.75 Å². The van der Waals surface area contributed by atoms with Crippen LogP contribution in [0.1, 0.15) is 19.4 Å². The van der Waals surface area contributed by atoms with Gasteiger partial charge in [-0.15, -0.1) is 0 Å². The summed E-state index contributed by atoms with van der Waals surface area (Å²) in [4.78, 5) is 15.5. The Morgan fingerprint density at radius 2 is 1.80 bits per heavy atom. The number of halogens is 1. The normalized spacial score (nSPS) is 19.8. The number of aromatic nitrogens is 1. The maximum atomic E-state index is 13.9. The van der Waals surface area contributed by atoms with Crippen LogP contribution in [0.3, 0.4) is 0 Å². The molecule has 2 aromatic carbocycles. The van der Waals surface area contributed by atoms with Crippen molar-refractivity contribution in [2.24, 2.45) is 0 Å². The second-order valence-corrected chi connectivity index (χ2v) is 7.94. The van der Waals surface area contributed by atoms with Crippen LogP contribution < -0.4 is 10.3 Å². The van der Waals surface area contributed by atoms with E-state index in [-0.39, 0.29) is 23.6 Å².